The van der Waals surface area contributed by atoms with Gasteiger partial charge in [-0.1, -0.05) is 30.3 Å². The molecule has 3 rings (SSSR count). The summed E-state index contributed by atoms with van der Waals surface area (Å²) in [6.45, 7) is 2.20. The van der Waals surface area contributed by atoms with Crippen molar-refractivity contribution >= 4 is 10.1 Å². The first-order valence-electron chi connectivity index (χ1n) is 8.35. The first kappa shape index (κ1) is 17.8. The van der Waals surface area contributed by atoms with E-state index in [1.54, 1.807) is 0 Å². The summed E-state index contributed by atoms with van der Waals surface area (Å²) in [6.07, 6.45) is 2.75. The third-order valence-electron chi connectivity index (χ3n) is 4.62. The predicted molar refractivity (Wildman–Crippen MR) is 88.2 cm³/mol. The third kappa shape index (κ3) is 4.15. The standard InChI is InChI=1S/C17H24O6S/c1-17(13-7-3-2-4-8-13)22-15-10-5-9-14(16(15)23-17)21-11-6-12-24(18,19)20/h2-4,7-8,14-16H,5-6,9-12H2,1H3,(H,18,19,20). The van der Waals surface area contributed by atoms with E-state index in [0.717, 1.165) is 24.8 Å². The predicted octanol–water partition coefficient (Wildman–Crippen LogP) is 2.49. The quantitative estimate of drug-likeness (QED) is 0.623. The highest BCUT2D eigenvalue weighted by Gasteiger charge is 2.50. The Morgan fingerprint density at radius 3 is 2.71 bits per heavy atom. The van der Waals surface area contributed by atoms with Crippen LogP contribution in [0.2, 0.25) is 0 Å². The summed E-state index contributed by atoms with van der Waals surface area (Å²) >= 11 is 0. The Labute approximate surface area is 142 Å². The largest absolute Gasteiger partial charge is 0.375 e. The van der Waals surface area contributed by atoms with Crippen molar-refractivity contribution in [2.24, 2.45) is 0 Å². The zero-order chi connectivity index (χ0) is 17.2. The van der Waals surface area contributed by atoms with Crippen molar-refractivity contribution in [3.8, 4) is 0 Å². The molecule has 1 saturated carbocycles. The van der Waals surface area contributed by atoms with Crippen LogP contribution in [0.15, 0.2) is 30.3 Å². The summed E-state index contributed by atoms with van der Waals surface area (Å²) in [6, 6.07) is 9.84. The fourth-order valence-electron chi connectivity index (χ4n) is 3.47. The summed E-state index contributed by atoms with van der Waals surface area (Å²) in [7, 11) is -3.94. The van der Waals surface area contributed by atoms with Crippen LogP contribution in [0.3, 0.4) is 0 Å². The van der Waals surface area contributed by atoms with Crippen LogP contribution in [0.4, 0.5) is 0 Å². The van der Waals surface area contributed by atoms with Crippen molar-refractivity contribution in [3.63, 3.8) is 0 Å². The second-order valence-corrected chi connectivity index (χ2v) is 8.10. The van der Waals surface area contributed by atoms with Crippen LogP contribution in [0.25, 0.3) is 0 Å². The zero-order valence-electron chi connectivity index (χ0n) is 13.8. The molecule has 0 radical (unpaired) electrons. The van der Waals surface area contributed by atoms with Gasteiger partial charge >= 0.3 is 0 Å². The molecule has 0 bridgehead atoms. The molecule has 1 aromatic rings. The molecule has 2 fully saturated rings. The van der Waals surface area contributed by atoms with Crippen LogP contribution < -0.4 is 0 Å². The van der Waals surface area contributed by atoms with E-state index in [1.807, 2.05) is 37.3 Å². The van der Waals surface area contributed by atoms with E-state index in [9.17, 15) is 8.42 Å². The molecule has 6 nitrogen and oxygen atoms in total. The van der Waals surface area contributed by atoms with Gasteiger partial charge in [-0.15, -0.1) is 0 Å². The van der Waals surface area contributed by atoms with Crippen LogP contribution in [0.5, 0.6) is 0 Å². The zero-order valence-corrected chi connectivity index (χ0v) is 14.6. The van der Waals surface area contributed by atoms with Crippen LogP contribution in [0, 0.1) is 0 Å². The fourth-order valence-corrected chi connectivity index (χ4v) is 3.96. The van der Waals surface area contributed by atoms with Crippen molar-refractivity contribution in [2.45, 2.75) is 56.7 Å². The second kappa shape index (κ2) is 7.09. The molecule has 1 saturated heterocycles. The van der Waals surface area contributed by atoms with E-state index in [4.69, 9.17) is 18.8 Å². The van der Waals surface area contributed by atoms with Gasteiger partial charge in [0.1, 0.15) is 6.10 Å². The lowest BCUT2D eigenvalue weighted by Crippen LogP contribution is -2.41. The van der Waals surface area contributed by atoms with E-state index >= 15 is 0 Å². The van der Waals surface area contributed by atoms with Gasteiger partial charge in [-0.25, -0.2) is 0 Å². The minimum atomic E-state index is -3.94. The lowest BCUT2D eigenvalue weighted by Gasteiger charge is -2.31. The van der Waals surface area contributed by atoms with Crippen LogP contribution in [-0.2, 0) is 30.1 Å². The number of hydrogen-bond donors (Lipinski definition) is 1. The van der Waals surface area contributed by atoms with Gasteiger partial charge in [0.25, 0.3) is 10.1 Å². The Morgan fingerprint density at radius 2 is 2.00 bits per heavy atom. The highest BCUT2D eigenvalue weighted by molar-refractivity contribution is 7.85. The monoisotopic (exact) mass is 356 g/mol. The average molecular weight is 356 g/mol. The summed E-state index contributed by atoms with van der Waals surface area (Å²) in [4.78, 5) is 0. The van der Waals surface area contributed by atoms with Gasteiger partial charge in [-0.2, -0.15) is 8.42 Å². The topological polar surface area (TPSA) is 82.1 Å². The van der Waals surface area contributed by atoms with Crippen LogP contribution >= 0.6 is 0 Å². The molecule has 1 N–H and O–H groups in total. The van der Waals surface area contributed by atoms with E-state index in [0.29, 0.717) is 0 Å². The second-order valence-electron chi connectivity index (χ2n) is 6.53. The Morgan fingerprint density at radius 1 is 1.25 bits per heavy atom. The third-order valence-corrected chi connectivity index (χ3v) is 5.43. The minimum Gasteiger partial charge on any atom is -0.375 e. The molecule has 1 aliphatic carbocycles. The molecule has 0 spiro atoms. The molecule has 1 heterocycles. The maximum Gasteiger partial charge on any atom is 0.264 e. The van der Waals surface area contributed by atoms with Crippen LogP contribution in [-0.4, -0.2) is 43.6 Å². The molecule has 24 heavy (non-hydrogen) atoms. The number of ether oxygens (including phenoxy) is 3. The number of hydrogen-bond acceptors (Lipinski definition) is 5. The van der Waals surface area contributed by atoms with E-state index in [1.165, 1.54) is 0 Å². The number of rotatable bonds is 6. The summed E-state index contributed by atoms with van der Waals surface area (Å²) in [5, 5.41) is 0. The molecule has 1 aromatic carbocycles. The highest BCUT2D eigenvalue weighted by Crippen LogP contribution is 2.43. The van der Waals surface area contributed by atoms with Gasteiger partial charge in [-0.05, 0) is 32.6 Å². The van der Waals surface area contributed by atoms with Gasteiger partial charge in [0, 0.05) is 12.2 Å². The molecule has 7 heteroatoms. The Balaban J connectivity index is 1.61. The maximum atomic E-state index is 10.8. The summed E-state index contributed by atoms with van der Waals surface area (Å²) in [5.41, 5.74) is 0.976. The lowest BCUT2D eigenvalue weighted by molar-refractivity contribution is -0.178. The van der Waals surface area contributed by atoms with E-state index < -0.39 is 15.9 Å². The molecule has 0 amide bonds. The van der Waals surface area contributed by atoms with Crippen molar-refractivity contribution < 1.29 is 27.2 Å². The number of fused-ring (bicyclic) bond motifs is 1. The molecule has 134 valence electrons. The minimum absolute atomic E-state index is 0.0180. The maximum absolute atomic E-state index is 10.8. The molecular weight excluding hydrogens is 332 g/mol. The van der Waals surface area contributed by atoms with Crippen molar-refractivity contribution in [3.05, 3.63) is 35.9 Å². The molecule has 4 unspecified atom stereocenters. The fraction of sp³-hybridized carbons (Fsp3) is 0.647. The summed E-state index contributed by atoms with van der Waals surface area (Å²) in [5.74, 6) is -1.07. The van der Waals surface area contributed by atoms with Gasteiger partial charge in [0.2, 0.25) is 0 Å². The van der Waals surface area contributed by atoms with Gasteiger partial charge in [-0.3, -0.25) is 4.55 Å². The first-order valence-corrected chi connectivity index (χ1v) is 9.96. The smallest absolute Gasteiger partial charge is 0.264 e. The molecule has 1 aliphatic heterocycles. The Bertz CT molecular complexity index is 646. The van der Waals surface area contributed by atoms with Gasteiger partial charge < -0.3 is 14.2 Å². The Kier molecular flexibility index (Phi) is 5.27. The average Bonchev–Trinajstić information content (AvgIpc) is 2.90. The lowest BCUT2D eigenvalue weighted by atomic mass is 9.92. The highest BCUT2D eigenvalue weighted by atomic mass is 32.2. The molecule has 2 aliphatic rings. The number of benzene rings is 1. The first-order chi connectivity index (χ1) is 11.4. The summed E-state index contributed by atoms with van der Waals surface area (Å²) < 4.78 is 48.6. The SMILES string of the molecule is CC1(c2ccccc2)OC2CCCC(OCCCS(=O)(=O)O)C2O1. The van der Waals surface area contributed by atoms with Gasteiger partial charge in [0.15, 0.2) is 5.79 Å². The van der Waals surface area contributed by atoms with Crippen molar-refractivity contribution in [2.75, 3.05) is 12.4 Å². The van der Waals surface area contributed by atoms with Crippen molar-refractivity contribution in [1.29, 1.82) is 0 Å². The Hall–Kier alpha value is -0.990. The van der Waals surface area contributed by atoms with Crippen LogP contribution in [0.1, 0.15) is 38.2 Å². The van der Waals surface area contributed by atoms with Gasteiger partial charge in [0.05, 0.1) is 18.0 Å². The van der Waals surface area contributed by atoms with E-state index in [2.05, 4.69) is 0 Å². The van der Waals surface area contributed by atoms with E-state index in [-0.39, 0.29) is 37.1 Å². The molecule has 4 atom stereocenters. The normalized spacial score (nSPS) is 33.3. The van der Waals surface area contributed by atoms with Crippen molar-refractivity contribution in [1.82, 2.24) is 0 Å². The molecule has 0 aromatic heterocycles. The molecular formula is C17H24O6S.